The predicted octanol–water partition coefficient (Wildman–Crippen LogP) is 4.74. The molecule has 1 aromatic rings. The Morgan fingerprint density at radius 3 is 2.47 bits per heavy atom. The van der Waals surface area contributed by atoms with E-state index in [1.54, 1.807) is 0 Å². The van der Waals surface area contributed by atoms with E-state index in [9.17, 15) is 0 Å². The van der Waals surface area contributed by atoms with Gasteiger partial charge in [0.25, 0.3) is 0 Å². The van der Waals surface area contributed by atoms with Crippen LogP contribution in [0.15, 0.2) is 18.2 Å². The van der Waals surface area contributed by atoms with Crippen molar-refractivity contribution < 1.29 is 0 Å². The molecular weight excluding hydrogens is 230 g/mol. The lowest BCUT2D eigenvalue weighted by Crippen LogP contribution is -2.19. The maximum Gasteiger partial charge on any atom is 0.0409 e. The monoisotopic (exact) mass is 253 g/mol. The maximum atomic E-state index is 6.08. The number of halogens is 1. The average molecular weight is 254 g/mol. The molecule has 0 radical (unpaired) electrons. The molecule has 0 aliphatic heterocycles. The van der Waals surface area contributed by atoms with Gasteiger partial charge in [0.1, 0.15) is 0 Å². The number of hydrogen-bond donors (Lipinski definition) is 1. The Morgan fingerprint density at radius 1 is 1.29 bits per heavy atom. The minimum atomic E-state index is 0.377. The van der Waals surface area contributed by atoms with Gasteiger partial charge in [-0.05, 0) is 55.5 Å². The molecule has 1 atom stereocenters. The van der Waals surface area contributed by atoms with Crippen molar-refractivity contribution in [2.45, 2.75) is 46.6 Å². The van der Waals surface area contributed by atoms with Crippen molar-refractivity contribution in [1.82, 2.24) is 5.32 Å². The zero-order valence-corrected chi connectivity index (χ0v) is 12.4. The molecule has 2 heteroatoms. The smallest absolute Gasteiger partial charge is 0.0409 e. The van der Waals surface area contributed by atoms with Gasteiger partial charge in [0, 0.05) is 11.1 Å². The van der Waals surface area contributed by atoms with Crippen molar-refractivity contribution >= 4 is 11.6 Å². The summed E-state index contributed by atoms with van der Waals surface area (Å²) in [6.07, 6.45) is 2.34. The number of benzene rings is 1. The van der Waals surface area contributed by atoms with E-state index >= 15 is 0 Å². The van der Waals surface area contributed by atoms with Gasteiger partial charge in [-0.2, -0.15) is 0 Å². The van der Waals surface area contributed by atoms with Crippen molar-refractivity contribution in [2.75, 3.05) is 7.05 Å². The molecule has 0 fully saturated rings. The number of hydrogen-bond acceptors (Lipinski definition) is 1. The van der Waals surface area contributed by atoms with Crippen molar-refractivity contribution in [3.05, 3.63) is 34.3 Å². The lowest BCUT2D eigenvalue weighted by Gasteiger charge is -2.24. The molecule has 0 spiro atoms. The van der Waals surface area contributed by atoms with Gasteiger partial charge in [-0.25, -0.2) is 0 Å². The van der Waals surface area contributed by atoms with Crippen LogP contribution in [0.4, 0.5) is 0 Å². The maximum absolute atomic E-state index is 6.08. The van der Waals surface area contributed by atoms with Gasteiger partial charge in [0.15, 0.2) is 0 Å². The second-order valence-corrected chi connectivity index (χ2v) is 6.38. The highest BCUT2D eigenvalue weighted by Crippen LogP contribution is 2.29. The summed E-state index contributed by atoms with van der Waals surface area (Å²) in [5.41, 5.74) is 3.01. The molecule has 0 amide bonds. The second kappa shape index (κ2) is 5.88. The van der Waals surface area contributed by atoms with E-state index in [0.717, 1.165) is 11.4 Å². The Labute approximate surface area is 111 Å². The molecule has 0 saturated heterocycles. The number of aryl methyl sites for hydroxylation is 1. The normalized spacial score (nSPS) is 13.8. The van der Waals surface area contributed by atoms with E-state index in [-0.39, 0.29) is 0 Å². The van der Waals surface area contributed by atoms with E-state index in [4.69, 9.17) is 11.6 Å². The predicted molar refractivity (Wildman–Crippen MR) is 76.7 cm³/mol. The van der Waals surface area contributed by atoms with Crippen LogP contribution in [0.2, 0.25) is 5.02 Å². The summed E-state index contributed by atoms with van der Waals surface area (Å²) in [4.78, 5) is 0. The highest BCUT2D eigenvalue weighted by molar-refractivity contribution is 6.30. The largest absolute Gasteiger partial charge is 0.313 e. The lowest BCUT2D eigenvalue weighted by molar-refractivity contribution is 0.337. The third-order valence-corrected chi connectivity index (χ3v) is 3.38. The van der Waals surface area contributed by atoms with Crippen LogP contribution >= 0.6 is 11.6 Å². The fourth-order valence-corrected chi connectivity index (χ4v) is 2.20. The second-order valence-electron chi connectivity index (χ2n) is 5.94. The first kappa shape index (κ1) is 14.5. The van der Waals surface area contributed by atoms with Crippen molar-refractivity contribution in [1.29, 1.82) is 0 Å². The summed E-state index contributed by atoms with van der Waals surface area (Å²) in [5, 5.41) is 4.22. The van der Waals surface area contributed by atoms with E-state index in [1.807, 2.05) is 13.1 Å². The average Bonchev–Trinajstić information content (AvgIpc) is 2.22. The summed E-state index contributed by atoms with van der Waals surface area (Å²) < 4.78 is 0. The van der Waals surface area contributed by atoms with Crippen molar-refractivity contribution in [3.63, 3.8) is 0 Å². The molecule has 0 aliphatic rings. The zero-order chi connectivity index (χ0) is 13.1. The van der Waals surface area contributed by atoms with Gasteiger partial charge >= 0.3 is 0 Å². The molecule has 96 valence electrons. The summed E-state index contributed by atoms with van der Waals surface area (Å²) in [5.74, 6) is 0. The lowest BCUT2D eigenvalue weighted by atomic mass is 9.86. The van der Waals surface area contributed by atoms with Crippen LogP contribution in [-0.4, -0.2) is 7.05 Å². The molecule has 1 nitrogen and oxygen atoms in total. The molecule has 1 N–H and O–H groups in total. The van der Waals surface area contributed by atoms with Crippen LogP contribution < -0.4 is 5.32 Å². The minimum absolute atomic E-state index is 0.377. The fourth-order valence-electron chi connectivity index (χ4n) is 2.02. The summed E-state index contributed by atoms with van der Waals surface area (Å²) in [6, 6.07) is 6.53. The molecule has 0 saturated carbocycles. The Bertz CT molecular complexity index is 366. The van der Waals surface area contributed by atoms with E-state index < -0.39 is 0 Å². The first-order valence-electron chi connectivity index (χ1n) is 6.27. The quantitative estimate of drug-likeness (QED) is 0.818. The highest BCUT2D eigenvalue weighted by Gasteiger charge is 2.17. The van der Waals surface area contributed by atoms with Gasteiger partial charge in [0.05, 0.1) is 0 Å². The molecule has 0 heterocycles. The van der Waals surface area contributed by atoms with Crippen LogP contribution in [0.5, 0.6) is 0 Å². The molecular formula is C15H24ClN. The number of rotatable bonds is 4. The Kier molecular flexibility index (Phi) is 5.03. The molecule has 0 aromatic heterocycles. The SMILES string of the molecule is CNC(CCC(C)(C)C)c1cc(Cl)ccc1C. The molecule has 1 aromatic carbocycles. The molecule has 1 unspecified atom stereocenters. The summed E-state index contributed by atoms with van der Waals surface area (Å²) in [6.45, 7) is 8.99. The fraction of sp³-hybridized carbons (Fsp3) is 0.600. The molecule has 0 aliphatic carbocycles. The van der Waals surface area contributed by atoms with E-state index in [1.165, 1.54) is 17.5 Å². The number of nitrogens with one attached hydrogen (secondary N) is 1. The first-order chi connectivity index (χ1) is 7.83. The van der Waals surface area contributed by atoms with Gasteiger partial charge < -0.3 is 5.32 Å². The summed E-state index contributed by atoms with van der Waals surface area (Å²) >= 11 is 6.08. The Balaban J connectivity index is 2.82. The van der Waals surface area contributed by atoms with Gasteiger partial charge in [-0.1, -0.05) is 38.4 Å². The van der Waals surface area contributed by atoms with Gasteiger partial charge in [0.2, 0.25) is 0 Å². The van der Waals surface area contributed by atoms with Crippen molar-refractivity contribution in [2.24, 2.45) is 5.41 Å². The third-order valence-electron chi connectivity index (χ3n) is 3.15. The molecule has 17 heavy (non-hydrogen) atoms. The van der Waals surface area contributed by atoms with E-state index in [0.29, 0.717) is 11.5 Å². The van der Waals surface area contributed by atoms with Crippen LogP contribution in [0.25, 0.3) is 0 Å². The van der Waals surface area contributed by atoms with E-state index in [2.05, 4.69) is 45.1 Å². The van der Waals surface area contributed by atoms with Crippen LogP contribution in [-0.2, 0) is 0 Å². The van der Waals surface area contributed by atoms with Crippen LogP contribution in [0.1, 0.15) is 50.8 Å². The topological polar surface area (TPSA) is 12.0 Å². The third kappa shape index (κ3) is 4.69. The zero-order valence-electron chi connectivity index (χ0n) is 11.6. The Hall–Kier alpha value is -0.530. The standard InChI is InChI=1S/C15H24ClN/c1-11-6-7-12(16)10-13(11)14(17-5)8-9-15(2,3)4/h6-7,10,14,17H,8-9H2,1-5H3. The summed E-state index contributed by atoms with van der Waals surface area (Å²) in [7, 11) is 2.02. The molecule has 1 rings (SSSR count). The van der Waals surface area contributed by atoms with Crippen LogP contribution in [0, 0.1) is 12.3 Å². The highest BCUT2D eigenvalue weighted by atomic mass is 35.5. The van der Waals surface area contributed by atoms with Crippen molar-refractivity contribution in [3.8, 4) is 0 Å². The minimum Gasteiger partial charge on any atom is -0.313 e. The van der Waals surface area contributed by atoms with Crippen LogP contribution in [0.3, 0.4) is 0 Å². The van der Waals surface area contributed by atoms with Gasteiger partial charge in [-0.15, -0.1) is 0 Å². The first-order valence-corrected chi connectivity index (χ1v) is 6.64. The Morgan fingerprint density at radius 2 is 1.94 bits per heavy atom. The molecule has 0 bridgehead atoms. The van der Waals surface area contributed by atoms with Gasteiger partial charge in [-0.3, -0.25) is 0 Å².